The monoisotopic (exact) mass is 328 g/mol. The molecule has 2 aromatic carbocycles. The van der Waals surface area contributed by atoms with Gasteiger partial charge in [-0.3, -0.25) is 9.59 Å². The second kappa shape index (κ2) is 6.42. The van der Waals surface area contributed by atoms with E-state index in [9.17, 15) is 9.59 Å². The third kappa shape index (κ3) is 3.54. The van der Waals surface area contributed by atoms with E-state index in [1.165, 1.54) is 0 Å². The quantitative estimate of drug-likeness (QED) is 0.938. The first-order valence-corrected chi connectivity index (χ1v) is 7.84. The predicted octanol–water partition coefficient (Wildman–Crippen LogP) is 3.43. The van der Waals surface area contributed by atoms with Crippen molar-refractivity contribution < 1.29 is 9.59 Å². The lowest BCUT2D eigenvalue weighted by Gasteiger charge is -2.26. The van der Waals surface area contributed by atoms with Gasteiger partial charge >= 0.3 is 0 Å². The van der Waals surface area contributed by atoms with Crippen LogP contribution in [0.25, 0.3) is 0 Å². The Morgan fingerprint density at radius 1 is 1.17 bits per heavy atom. The van der Waals surface area contributed by atoms with Crippen LogP contribution in [0.15, 0.2) is 42.5 Å². The second-order valence-electron chi connectivity index (χ2n) is 5.65. The van der Waals surface area contributed by atoms with Crippen molar-refractivity contribution in [2.75, 3.05) is 17.3 Å². The van der Waals surface area contributed by atoms with E-state index in [1.807, 2.05) is 30.3 Å². The SMILES string of the molecule is CN1C(=O)CCc2cc(NC(=O)Cc3ccc(Cl)cc3)ccc21. The molecule has 0 saturated carbocycles. The zero-order chi connectivity index (χ0) is 16.4. The lowest BCUT2D eigenvalue weighted by molar-refractivity contribution is -0.118. The molecule has 118 valence electrons. The van der Waals surface area contributed by atoms with E-state index in [-0.39, 0.29) is 11.8 Å². The summed E-state index contributed by atoms with van der Waals surface area (Å²) >= 11 is 5.84. The highest BCUT2D eigenvalue weighted by Gasteiger charge is 2.20. The van der Waals surface area contributed by atoms with Gasteiger partial charge in [-0.15, -0.1) is 0 Å². The number of carbonyl (C=O) groups excluding carboxylic acids is 2. The number of nitrogens with zero attached hydrogens (tertiary/aromatic N) is 1. The fourth-order valence-electron chi connectivity index (χ4n) is 2.73. The van der Waals surface area contributed by atoms with Gasteiger partial charge in [0.25, 0.3) is 0 Å². The number of fused-ring (bicyclic) bond motifs is 1. The maximum atomic E-state index is 12.1. The first-order chi connectivity index (χ1) is 11.0. The van der Waals surface area contributed by atoms with Crippen LogP contribution >= 0.6 is 11.6 Å². The Morgan fingerprint density at radius 2 is 1.91 bits per heavy atom. The van der Waals surface area contributed by atoms with Crippen LogP contribution in [0.3, 0.4) is 0 Å². The molecule has 0 atom stereocenters. The molecule has 4 nitrogen and oxygen atoms in total. The summed E-state index contributed by atoms with van der Waals surface area (Å²) < 4.78 is 0. The molecule has 0 spiro atoms. The topological polar surface area (TPSA) is 49.4 Å². The highest BCUT2D eigenvalue weighted by Crippen LogP contribution is 2.29. The predicted molar refractivity (Wildman–Crippen MR) is 92.0 cm³/mol. The summed E-state index contributed by atoms with van der Waals surface area (Å²) in [7, 11) is 1.78. The minimum absolute atomic E-state index is 0.0764. The molecule has 1 N–H and O–H groups in total. The Morgan fingerprint density at radius 3 is 2.65 bits per heavy atom. The molecule has 23 heavy (non-hydrogen) atoms. The molecule has 5 heteroatoms. The number of amides is 2. The zero-order valence-electron chi connectivity index (χ0n) is 12.8. The molecule has 3 rings (SSSR count). The van der Waals surface area contributed by atoms with Gasteiger partial charge in [0.1, 0.15) is 0 Å². The van der Waals surface area contributed by atoms with Gasteiger partial charge in [-0.25, -0.2) is 0 Å². The number of hydrogen-bond acceptors (Lipinski definition) is 2. The number of anilines is 2. The fourth-order valence-corrected chi connectivity index (χ4v) is 2.85. The van der Waals surface area contributed by atoms with Gasteiger partial charge in [0.15, 0.2) is 0 Å². The summed E-state index contributed by atoms with van der Waals surface area (Å²) in [5.74, 6) is 0.0459. The van der Waals surface area contributed by atoms with Crippen LogP contribution in [0, 0.1) is 0 Å². The van der Waals surface area contributed by atoms with Crippen LogP contribution in [-0.4, -0.2) is 18.9 Å². The maximum absolute atomic E-state index is 12.1. The Balaban J connectivity index is 1.69. The zero-order valence-corrected chi connectivity index (χ0v) is 13.6. The van der Waals surface area contributed by atoms with Crippen molar-refractivity contribution in [3.05, 3.63) is 58.6 Å². The van der Waals surface area contributed by atoms with Gasteiger partial charge in [0.05, 0.1) is 6.42 Å². The van der Waals surface area contributed by atoms with Gasteiger partial charge in [-0.2, -0.15) is 0 Å². The van der Waals surface area contributed by atoms with Gasteiger partial charge in [0, 0.05) is 29.9 Å². The van der Waals surface area contributed by atoms with Gasteiger partial charge in [-0.1, -0.05) is 23.7 Å². The number of hydrogen-bond donors (Lipinski definition) is 1. The first-order valence-electron chi connectivity index (χ1n) is 7.47. The fraction of sp³-hybridized carbons (Fsp3) is 0.222. The van der Waals surface area contributed by atoms with Crippen LogP contribution in [0.4, 0.5) is 11.4 Å². The number of nitrogens with one attached hydrogen (secondary N) is 1. The highest BCUT2D eigenvalue weighted by atomic mass is 35.5. The van der Waals surface area contributed by atoms with Gasteiger partial charge in [0.2, 0.25) is 11.8 Å². The van der Waals surface area contributed by atoms with Crippen LogP contribution in [0.5, 0.6) is 0 Å². The molecular formula is C18H17ClN2O2. The third-order valence-electron chi connectivity index (χ3n) is 3.98. The molecule has 2 aromatic rings. The molecule has 0 unspecified atom stereocenters. The molecule has 1 aliphatic rings. The molecular weight excluding hydrogens is 312 g/mol. The minimum atomic E-state index is -0.0764. The summed E-state index contributed by atoms with van der Waals surface area (Å²) in [5, 5.41) is 3.56. The van der Waals surface area contributed by atoms with E-state index >= 15 is 0 Å². The summed E-state index contributed by atoms with van der Waals surface area (Å²) in [6.45, 7) is 0. The van der Waals surface area contributed by atoms with Crippen LogP contribution < -0.4 is 10.2 Å². The molecule has 0 radical (unpaired) electrons. The summed E-state index contributed by atoms with van der Waals surface area (Å²) in [6.07, 6.45) is 1.51. The molecule has 0 fully saturated rings. The molecule has 1 aliphatic heterocycles. The number of aryl methyl sites for hydroxylation is 1. The molecule has 0 aromatic heterocycles. The average molecular weight is 329 g/mol. The van der Waals surface area contributed by atoms with Crippen molar-refractivity contribution in [1.29, 1.82) is 0 Å². The largest absolute Gasteiger partial charge is 0.326 e. The van der Waals surface area contributed by atoms with Crippen molar-refractivity contribution >= 4 is 34.8 Å². The average Bonchev–Trinajstić information content (AvgIpc) is 2.53. The standard InChI is InChI=1S/C18H17ClN2O2/c1-21-16-8-7-15(11-13(16)4-9-18(21)23)20-17(22)10-12-2-5-14(19)6-3-12/h2-3,5-8,11H,4,9-10H2,1H3,(H,20,22). The molecule has 1 heterocycles. The van der Waals surface area contributed by atoms with Crippen LogP contribution in [-0.2, 0) is 22.4 Å². The minimum Gasteiger partial charge on any atom is -0.326 e. The first kappa shape index (κ1) is 15.6. The van der Waals surface area contributed by atoms with E-state index in [0.29, 0.717) is 24.3 Å². The molecule has 0 aliphatic carbocycles. The maximum Gasteiger partial charge on any atom is 0.228 e. The van der Waals surface area contributed by atoms with Gasteiger partial charge < -0.3 is 10.2 Å². The van der Waals surface area contributed by atoms with E-state index in [2.05, 4.69) is 5.32 Å². The Labute approximate surface area is 140 Å². The second-order valence-corrected chi connectivity index (χ2v) is 6.08. The lowest BCUT2D eigenvalue weighted by Crippen LogP contribution is -2.31. The van der Waals surface area contributed by atoms with Gasteiger partial charge in [-0.05, 0) is 47.9 Å². The summed E-state index contributed by atoms with van der Waals surface area (Å²) in [5.41, 5.74) is 3.66. The molecule has 0 bridgehead atoms. The Kier molecular flexibility index (Phi) is 4.35. The van der Waals surface area contributed by atoms with Crippen molar-refractivity contribution in [3.8, 4) is 0 Å². The van der Waals surface area contributed by atoms with Crippen molar-refractivity contribution in [3.63, 3.8) is 0 Å². The van der Waals surface area contributed by atoms with E-state index in [4.69, 9.17) is 11.6 Å². The smallest absolute Gasteiger partial charge is 0.228 e. The number of carbonyl (C=O) groups is 2. The Hall–Kier alpha value is -2.33. The van der Waals surface area contributed by atoms with Crippen molar-refractivity contribution in [1.82, 2.24) is 0 Å². The van der Waals surface area contributed by atoms with Crippen molar-refractivity contribution in [2.45, 2.75) is 19.3 Å². The van der Waals surface area contributed by atoms with Crippen LogP contribution in [0.2, 0.25) is 5.02 Å². The van der Waals surface area contributed by atoms with Crippen LogP contribution in [0.1, 0.15) is 17.5 Å². The van der Waals surface area contributed by atoms with E-state index < -0.39 is 0 Å². The summed E-state index contributed by atoms with van der Waals surface area (Å²) in [6, 6.07) is 12.9. The van der Waals surface area contributed by atoms with E-state index in [0.717, 1.165) is 22.5 Å². The van der Waals surface area contributed by atoms with Crippen molar-refractivity contribution in [2.24, 2.45) is 0 Å². The lowest BCUT2D eigenvalue weighted by atomic mass is 10.0. The number of rotatable bonds is 3. The Bertz CT molecular complexity index is 756. The number of benzene rings is 2. The normalized spacial score (nSPS) is 13.7. The van der Waals surface area contributed by atoms with E-state index in [1.54, 1.807) is 24.1 Å². The highest BCUT2D eigenvalue weighted by molar-refractivity contribution is 6.30. The molecule has 0 saturated heterocycles. The number of halogens is 1. The third-order valence-corrected chi connectivity index (χ3v) is 4.24. The summed E-state index contributed by atoms with van der Waals surface area (Å²) in [4.78, 5) is 25.5. The molecule has 2 amide bonds.